The molecule has 0 fully saturated rings. The molecule has 0 radical (unpaired) electrons. The van der Waals surface area contributed by atoms with E-state index in [4.69, 9.17) is 9.47 Å². The number of ether oxygens (including phenoxy) is 2. The quantitative estimate of drug-likeness (QED) is 0.741. The number of benzene rings is 1. The minimum atomic E-state index is 0.205. The Bertz CT molecular complexity index is 392. The molecule has 1 aromatic rings. The third-order valence-electron chi connectivity index (χ3n) is 3.52. The molecule has 112 valence electrons. The lowest BCUT2D eigenvalue weighted by Crippen LogP contribution is -2.28. The summed E-state index contributed by atoms with van der Waals surface area (Å²) in [4.78, 5) is 0. The van der Waals surface area contributed by atoms with Crippen LogP contribution in [0.2, 0.25) is 0 Å². The van der Waals surface area contributed by atoms with Crippen LogP contribution in [0.1, 0.15) is 37.5 Å². The Morgan fingerprint density at radius 2 is 2.20 bits per heavy atom. The molecule has 1 unspecified atom stereocenters. The Kier molecular flexibility index (Phi) is 6.51. The summed E-state index contributed by atoms with van der Waals surface area (Å²) >= 11 is 0. The Labute approximate surface area is 122 Å². The summed E-state index contributed by atoms with van der Waals surface area (Å²) in [6.07, 6.45) is 2.30. The minimum Gasteiger partial charge on any atom is -0.381 e. The second-order valence-corrected chi connectivity index (χ2v) is 5.83. The molecule has 2 rings (SSSR count). The van der Waals surface area contributed by atoms with Crippen molar-refractivity contribution in [1.29, 1.82) is 0 Å². The van der Waals surface area contributed by atoms with Crippen LogP contribution < -0.4 is 5.32 Å². The molecule has 20 heavy (non-hydrogen) atoms. The van der Waals surface area contributed by atoms with Gasteiger partial charge in [0.05, 0.1) is 12.7 Å². The maximum absolute atomic E-state index is 5.87. The van der Waals surface area contributed by atoms with Gasteiger partial charge in [0.25, 0.3) is 0 Å². The van der Waals surface area contributed by atoms with Crippen LogP contribution in [0, 0.1) is 5.92 Å². The van der Waals surface area contributed by atoms with Crippen LogP contribution >= 0.6 is 0 Å². The SMILES string of the molecule is CC(C)COCCCNCC1OCCc2ccccc21. The zero-order valence-corrected chi connectivity index (χ0v) is 12.7. The molecule has 0 spiro atoms. The smallest absolute Gasteiger partial charge is 0.0952 e. The molecule has 0 amide bonds. The molecule has 0 saturated carbocycles. The summed E-state index contributed by atoms with van der Waals surface area (Å²) in [6, 6.07) is 8.61. The van der Waals surface area contributed by atoms with Crippen molar-refractivity contribution in [2.75, 3.05) is 32.9 Å². The van der Waals surface area contributed by atoms with E-state index in [9.17, 15) is 0 Å². The van der Waals surface area contributed by atoms with E-state index in [0.29, 0.717) is 5.92 Å². The Morgan fingerprint density at radius 1 is 1.35 bits per heavy atom. The van der Waals surface area contributed by atoms with Crippen LogP contribution in [0.5, 0.6) is 0 Å². The first-order chi connectivity index (χ1) is 9.77. The molecule has 0 saturated heterocycles. The van der Waals surface area contributed by atoms with Crippen LogP contribution in [-0.4, -0.2) is 32.9 Å². The van der Waals surface area contributed by atoms with Gasteiger partial charge in [-0.3, -0.25) is 0 Å². The van der Waals surface area contributed by atoms with E-state index in [1.54, 1.807) is 0 Å². The third-order valence-corrected chi connectivity index (χ3v) is 3.52. The lowest BCUT2D eigenvalue weighted by atomic mass is 9.97. The van der Waals surface area contributed by atoms with Gasteiger partial charge in [0.1, 0.15) is 0 Å². The lowest BCUT2D eigenvalue weighted by molar-refractivity contribution is 0.0418. The molecule has 0 aliphatic carbocycles. The lowest BCUT2D eigenvalue weighted by Gasteiger charge is -2.26. The molecule has 1 aliphatic heterocycles. The Morgan fingerprint density at radius 3 is 3.05 bits per heavy atom. The first kappa shape index (κ1) is 15.5. The third kappa shape index (κ3) is 4.89. The molecule has 1 heterocycles. The van der Waals surface area contributed by atoms with E-state index < -0.39 is 0 Å². The van der Waals surface area contributed by atoms with E-state index >= 15 is 0 Å². The van der Waals surface area contributed by atoms with E-state index in [0.717, 1.165) is 45.8 Å². The number of fused-ring (bicyclic) bond motifs is 1. The zero-order chi connectivity index (χ0) is 14.2. The number of hydrogen-bond acceptors (Lipinski definition) is 3. The van der Waals surface area contributed by atoms with Crippen LogP contribution in [0.15, 0.2) is 24.3 Å². The number of nitrogens with one attached hydrogen (secondary N) is 1. The summed E-state index contributed by atoms with van der Waals surface area (Å²) in [6.45, 7) is 8.76. The zero-order valence-electron chi connectivity index (χ0n) is 12.7. The van der Waals surface area contributed by atoms with Gasteiger partial charge < -0.3 is 14.8 Å². The molecule has 0 aromatic heterocycles. The highest BCUT2D eigenvalue weighted by Crippen LogP contribution is 2.26. The van der Waals surface area contributed by atoms with Gasteiger partial charge in [-0.15, -0.1) is 0 Å². The van der Waals surface area contributed by atoms with Crippen molar-refractivity contribution in [3.05, 3.63) is 35.4 Å². The number of rotatable bonds is 8. The Hall–Kier alpha value is -0.900. The minimum absolute atomic E-state index is 0.205. The van der Waals surface area contributed by atoms with Crippen molar-refractivity contribution in [2.24, 2.45) is 5.92 Å². The van der Waals surface area contributed by atoms with Crippen LogP contribution in [-0.2, 0) is 15.9 Å². The summed E-state index contributed by atoms with van der Waals surface area (Å²) < 4.78 is 11.4. The molecule has 1 atom stereocenters. The summed E-state index contributed by atoms with van der Waals surface area (Å²) in [7, 11) is 0. The van der Waals surface area contributed by atoms with E-state index in [2.05, 4.69) is 43.4 Å². The molecular formula is C17H27NO2. The van der Waals surface area contributed by atoms with Gasteiger partial charge in [0, 0.05) is 19.8 Å². The van der Waals surface area contributed by atoms with Gasteiger partial charge in [-0.25, -0.2) is 0 Å². The average Bonchev–Trinajstić information content (AvgIpc) is 2.46. The summed E-state index contributed by atoms with van der Waals surface area (Å²) in [5.41, 5.74) is 2.79. The highest BCUT2D eigenvalue weighted by molar-refractivity contribution is 5.31. The fourth-order valence-electron chi connectivity index (χ4n) is 2.50. The maximum Gasteiger partial charge on any atom is 0.0952 e. The second-order valence-electron chi connectivity index (χ2n) is 5.83. The maximum atomic E-state index is 5.87. The molecule has 1 N–H and O–H groups in total. The average molecular weight is 277 g/mol. The van der Waals surface area contributed by atoms with Crippen LogP contribution in [0.25, 0.3) is 0 Å². The standard InChI is InChI=1S/C17H27NO2/c1-14(2)13-19-10-5-9-18-12-17-16-7-4-3-6-15(16)8-11-20-17/h3-4,6-7,14,17-18H,5,8-13H2,1-2H3. The van der Waals surface area contributed by atoms with Crippen LogP contribution in [0.3, 0.4) is 0 Å². The molecule has 3 heteroatoms. The molecule has 1 aliphatic rings. The van der Waals surface area contributed by atoms with Gasteiger partial charge in [-0.2, -0.15) is 0 Å². The topological polar surface area (TPSA) is 30.5 Å². The highest BCUT2D eigenvalue weighted by Gasteiger charge is 2.19. The van der Waals surface area contributed by atoms with Gasteiger partial charge >= 0.3 is 0 Å². The van der Waals surface area contributed by atoms with E-state index in [-0.39, 0.29) is 6.10 Å². The first-order valence-electron chi connectivity index (χ1n) is 7.75. The Balaban J connectivity index is 1.63. The fourth-order valence-corrected chi connectivity index (χ4v) is 2.50. The molecule has 0 bridgehead atoms. The van der Waals surface area contributed by atoms with Crippen molar-refractivity contribution < 1.29 is 9.47 Å². The summed E-state index contributed by atoms with van der Waals surface area (Å²) in [5.74, 6) is 0.620. The van der Waals surface area contributed by atoms with Crippen LogP contribution in [0.4, 0.5) is 0 Å². The van der Waals surface area contributed by atoms with Crippen molar-refractivity contribution in [1.82, 2.24) is 5.32 Å². The van der Waals surface area contributed by atoms with Crippen molar-refractivity contribution in [3.63, 3.8) is 0 Å². The second kappa shape index (κ2) is 8.40. The monoisotopic (exact) mass is 277 g/mol. The highest BCUT2D eigenvalue weighted by atomic mass is 16.5. The molecular weight excluding hydrogens is 250 g/mol. The van der Waals surface area contributed by atoms with Gasteiger partial charge in [-0.05, 0) is 36.4 Å². The molecule has 3 nitrogen and oxygen atoms in total. The number of hydrogen-bond donors (Lipinski definition) is 1. The predicted molar refractivity (Wildman–Crippen MR) is 82.0 cm³/mol. The summed E-state index contributed by atoms with van der Waals surface area (Å²) in [5, 5.41) is 3.48. The van der Waals surface area contributed by atoms with Crippen molar-refractivity contribution in [3.8, 4) is 0 Å². The largest absolute Gasteiger partial charge is 0.381 e. The van der Waals surface area contributed by atoms with Gasteiger partial charge in [0.2, 0.25) is 0 Å². The van der Waals surface area contributed by atoms with Gasteiger partial charge in [0.15, 0.2) is 0 Å². The van der Waals surface area contributed by atoms with E-state index in [1.807, 2.05) is 0 Å². The van der Waals surface area contributed by atoms with Crippen molar-refractivity contribution in [2.45, 2.75) is 32.8 Å². The first-order valence-corrected chi connectivity index (χ1v) is 7.75. The van der Waals surface area contributed by atoms with E-state index in [1.165, 1.54) is 11.1 Å². The molecule has 1 aromatic carbocycles. The van der Waals surface area contributed by atoms with Crippen molar-refractivity contribution >= 4 is 0 Å². The normalized spacial score (nSPS) is 18.2. The van der Waals surface area contributed by atoms with Gasteiger partial charge in [-0.1, -0.05) is 38.1 Å². The predicted octanol–water partition coefficient (Wildman–Crippen LogP) is 2.95. The fraction of sp³-hybridized carbons (Fsp3) is 0.647.